The highest BCUT2D eigenvalue weighted by atomic mass is 19.4. The SMILES string of the molecule is O=C(N[C@H](Cc1cccc(C(F)(F)F)c1)C(=O)O)c1ccc(F)c(F)c1. The van der Waals surface area contributed by atoms with Crippen molar-refractivity contribution in [2.75, 3.05) is 0 Å². The molecule has 4 nitrogen and oxygen atoms in total. The van der Waals surface area contributed by atoms with Crippen molar-refractivity contribution in [2.24, 2.45) is 0 Å². The second-order valence-electron chi connectivity index (χ2n) is 5.40. The molecule has 2 rings (SSSR count). The predicted molar refractivity (Wildman–Crippen MR) is 80.4 cm³/mol. The summed E-state index contributed by atoms with van der Waals surface area (Å²) in [6.45, 7) is 0. The molecule has 0 radical (unpaired) electrons. The van der Waals surface area contributed by atoms with Crippen LogP contribution in [0.5, 0.6) is 0 Å². The lowest BCUT2D eigenvalue weighted by molar-refractivity contribution is -0.139. The second-order valence-corrected chi connectivity index (χ2v) is 5.40. The minimum atomic E-state index is -4.59. The summed E-state index contributed by atoms with van der Waals surface area (Å²) in [5.74, 6) is -4.95. The Balaban J connectivity index is 2.18. The fourth-order valence-corrected chi connectivity index (χ4v) is 2.19. The Kier molecular flexibility index (Phi) is 5.59. The number of nitrogens with one attached hydrogen (secondary N) is 1. The molecule has 1 amide bonds. The Bertz CT molecular complexity index is 835. The van der Waals surface area contributed by atoms with E-state index in [1.165, 1.54) is 6.07 Å². The summed E-state index contributed by atoms with van der Waals surface area (Å²) in [4.78, 5) is 23.3. The van der Waals surface area contributed by atoms with E-state index in [2.05, 4.69) is 5.32 Å². The number of halogens is 5. The molecule has 0 fully saturated rings. The molecule has 0 aliphatic carbocycles. The second kappa shape index (κ2) is 7.51. The third-order valence-corrected chi connectivity index (χ3v) is 3.48. The molecule has 2 N–H and O–H groups in total. The molecule has 1 atom stereocenters. The van der Waals surface area contributed by atoms with Gasteiger partial charge >= 0.3 is 12.1 Å². The number of carboxylic acids is 1. The van der Waals surface area contributed by atoms with Gasteiger partial charge in [0.1, 0.15) is 6.04 Å². The van der Waals surface area contributed by atoms with Crippen molar-refractivity contribution in [3.05, 3.63) is 70.8 Å². The number of carbonyl (C=O) groups is 2. The van der Waals surface area contributed by atoms with Crippen LogP contribution in [0.4, 0.5) is 22.0 Å². The molecule has 138 valence electrons. The van der Waals surface area contributed by atoms with Gasteiger partial charge in [0.15, 0.2) is 11.6 Å². The zero-order valence-electron chi connectivity index (χ0n) is 13.0. The fourth-order valence-electron chi connectivity index (χ4n) is 2.19. The van der Waals surface area contributed by atoms with Crippen molar-refractivity contribution in [1.29, 1.82) is 0 Å². The number of amides is 1. The highest BCUT2D eigenvalue weighted by Crippen LogP contribution is 2.29. The Morgan fingerprint density at radius 1 is 1.04 bits per heavy atom. The van der Waals surface area contributed by atoms with Crippen LogP contribution in [0.25, 0.3) is 0 Å². The largest absolute Gasteiger partial charge is 0.480 e. The zero-order valence-corrected chi connectivity index (χ0v) is 13.0. The summed E-state index contributed by atoms with van der Waals surface area (Å²) in [6.07, 6.45) is -5.02. The van der Waals surface area contributed by atoms with Gasteiger partial charge in [-0.3, -0.25) is 4.79 Å². The summed E-state index contributed by atoms with van der Waals surface area (Å²) in [5.41, 5.74) is -1.23. The molecule has 0 saturated heterocycles. The van der Waals surface area contributed by atoms with Gasteiger partial charge in [0, 0.05) is 12.0 Å². The first kappa shape index (κ1) is 19.4. The summed E-state index contributed by atoms with van der Waals surface area (Å²) < 4.78 is 64.2. The summed E-state index contributed by atoms with van der Waals surface area (Å²) in [7, 11) is 0. The Morgan fingerprint density at radius 3 is 2.31 bits per heavy atom. The van der Waals surface area contributed by atoms with Gasteiger partial charge < -0.3 is 10.4 Å². The third-order valence-electron chi connectivity index (χ3n) is 3.48. The number of carboxylic acid groups (broad SMARTS) is 1. The lowest BCUT2D eigenvalue weighted by atomic mass is 10.0. The number of rotatable bonds is 5. The van der Waals surface area contributed by atoms with Crippen molar-refractivity contribution in [2.45, 2.75) is 18.6 Å². The summed E-state index contributed by atoms with van der Waals surface area (Å²) in [6, 6.07) is 4.71. The van der Waals surface area contributed by atoms with E-state index in [0.29, 0.717) is 12.1 Å². The van der Waals surface area contributed by atoms with Crippen LogP contribution in [0.2, 0.25) is 0 Å². The number of hydrogen-bond donors (Lipinski definition) is 2. The molecule has 0 unspecified atom stereocenters. The molecule has 0 aromatic heterocycles. The maximum Gasteiger partial charge on any atom is 0.416 e. The van der Waals surface area contributed by atoms with Crippen molar-refractivity contribution < 1.29 is 36.6 Å². The van der Waals surface area contributed by atoms with E-state index in [4.69, 9.17) is 0 Å². The smallest absolute Gasteiger partial charge is 0.416 e. The van der Waals surface area contributed by atoms with Crippen LogP contribution < -0.4 is 5.32 Å². The van der Waals surface area contributed by atoms with E-state index in [9.17, 15) is 36.6 Å². The van der Waals surface area contributed by atoms with Gasteiger partial charge in [-0.2, -0.15) is 13.2 Å². The van der Waals surface area contributed by atoms with Gasteiger partial charge in [-0.1, -0.05) is 18.2 Å². The molecule has 2 aromatic carbocycles. The van der Waals surface area contributed by atoms with Crippen molar-refractivity contribution in [3.8, 4) is 0 Å². The lowest BCUT2D eigenvalue weighted by Gasteiger charge is -2.16. The highest BCUT2D eigenvalue weighted by Gasteiger charge is 2.31. The van der Waals surface area contributed by atoms with Crippen molar-refractivity contribution in [1.82, 2.24) is 5.32 Å². The number of hydrogen-bond acceptors (Lipinski definition) is 2. The molecule has 2 aromatic rings. The van der Waals surface area contributed by atoms with Gasteiger partial charge in [-0.25, -0.2) is 13.6 Å². The van der Waals surface area contributed by atoms with Gasteiger partial charge in [0.2, 0.25) is 0 Å². The standard InChI is InChI=1S/C17H12F5NO3/c18-12-5-4-10(8-13(12)19)15(24)23-14(16(25)26)7-9-2-1-3-11(6-9)17(20,21)22/h1-6,8,14H,7H2,(H,23,24)(H,25,26)/t14-/m1/s1. The molecular formula is C17H12F5NO3. The van der Waals surface area contributed by atoms with E-state index in [1.807, 2.05) is 0 Å². The minimum Gasteiger partial charge on any atom is -0.480 e. The van der Waals surface area contributed by atoms with Crippen LogP contribution in [0, 0.1) is 11.6 Å². The average Bonchev–Trinajstić information content (AvgIpc) is 2.56. The van der Waals surface area contributed by atoms with Gasteiger partial charge in [-0.15, -0.1) is 0 Å². The van der Waals surface area contributed by atoms with E-state index < -0.39 is 47.7 Å². The van der Waals surface area contributed by atoms with E-state index in [0.717, 1.165) is 24.3 Å². The predicted octanol–water partition coefficient (Wildman–Crippen LogP) is 3.41. The third kappa shape index (κ3) is 4.78. The number of carbonyl (C=O) groups excluding carboxylic acids is 1. The molecule has 0 aliphatic heterocycles. The Labute approximate surface area is 144 Å². The van der Waals surface area contributed by atoms with E-state index >= 15 is 0 Å². The highest BCUT2D eigenvalue weighted by molar-refractivity contribution is 5.96. The molecule has 26 heavy (non-hydrogen) atoms. The Morgan fingerprint density at radius 2 is 1.73 bits per heavy atom. The maximum absolute atomic E-state index is 13.2. The molecule has 9 heteroatoms. The number of alkyl halides is 3. The fraction of sp³-hybridized carbons (Fsp3) is 0.176. The topological polar surface area (TPSA) is 66.4 Å². The molecule has 0 aliphatic rings. The van der Waals surface area contributed by atoms with Crippen LogP contribution in [-0.4, -0.2) is 23.0 Å². The van der Waals surface area contributed by atoms with Gasteiger partial charge in [-0.05, 0) is 29.8 Å². The van der Waals surface area contributed by atoms with E-state index in [1.54, 1.807) is 0 Å². The lowest BCUT2D eigenvalue weighted by Crippen LogP contribution is -2.42. The van der Waals surface area contributed by atoms with Gasteiger partial charge in [0.25, 0.3) is 5.91 Å². The van der Waals surface area contributed by atoms with Crippen LogP contribution in [0.1, 0.15) is 21.5 Å². The molecule has 0 spiro atoms. The summed E-state index contributed by atoms with van der Waals surface area (Å²) >= 11 is 0. The van der Waals surface area contributed by atoms with Crippen molar-refractivity contribution in [3.63, 3.8) is 0 Å². The number of aliphatic carboxylic acids is 1. The number of benzene rings is 2. The summed E-state index contributed by atoms with van der Waals surface area (Å²) in [5, 5.41) is 11.3. The molecule has 0 bridgehead atoms. The zero-order chi connectivity index (χ0) is 19.5. The van der Waals surface area contributed by atoms with Gasteiger partial charge in [0.05, 0.1) is 5.56 Å². The first-order valence-electron chi connectivity index (χ1n) is 7.23. The van der Waals surface area contributed by atoms with Crippen LogP contribution in [-0.2, 0) is 17.4 Å². The minimum absolute atomic E-state index is 0.0396. The van der Waals surface area contributed by atoms with Crippen LogP contribution in [0.3, 0.4) is 0 Å². The Hall–Kier alpha value is -2.97. The maximum atomic E-state index is 13.2. The van der Waals surface area contributed by atoms with Crippen LogP contribution >= 0.6 is 0 Å². The van der Waals surface area contributed by atoms with Crippen molar-refractivity contribution >= 4 is 11.9 Å². The molecular weight excluding hydrogens is 361 g/mol. The monoisotopic (exact) mass is 373 g/mol. The normalized spacial score (nSPS) is 12.5. The first-order chi connectivity index (χ1) is 12.1. The van der Waals surface area contributed by atoms with Crippen LogP contribution in [0.15, 0.2) is 42.5 Å². The quantitative estimate of drug-likeness (QED) is 0.790. The first-order valence-corrected chi connectivity index (χ1v) is 7.23. The molecule has 0 heterocycles. The average molecular weight is 373 g/mol. The van der Waals surface area contributed by atoms with E-state index in [-0.39, 0.29) is 11.1 Å². The molecule has 0 saturated carbocycles.